The Kier molecular flexibility index (Phi) is 5.34. The van der Waals surface area contributed by atoms with Crippen molar-refractivity contribution in [2.75, 3.05) is 7.11 Å². The molecule has 0 bridgehead atoms. The highest BCUT2D eigenvalue weighted by atomic mass is 16.5. The third kappa shape index (κ3) is 2.82. The van der Waals surface area contributed by atoms with Crippen LogP contribution in [-0.4, -0.2) is 13.1 Å². The van der Waals surface area contributed by atoms with Crippen molar-refractivity contribution in [3.8, 4) is 0 Å². The van der Waals surface area contributed by atoms with Gasteiger partial charge in [0.1, 0.15) is 0 Å². The molecule has 4 saturated carbocycles. The minimum Gasteiger partial charge on any atom is -0.469 e. The zero-order valence-electron chi connectivity index (χ0n) is 22.9. The van der Waals surface area contributed by atoms with Gasteiger partial charge in [0.2, 0.25) is 0 Å². The van der Waals surface area contributed by atoms with Crippen LogP contribution in [0.4, 0.5) is 0 Å². The van der Waals surface area contributed by atoms with Gasteiger partial charge in [0.05, 0.1) is 12.5 Å². The van der Waals surface area contributed by atoms with E-state index in [1.807, 2.05) is 0 Å². The number of hydrogen-bond acceptors (Lipinski definition) is 2. The molecule has 5 aliphatic rings. The van der Waals surface area contributed by atoms with Crippen LogP contribution in [0.1, 0.15) is 113 Å². The summed E-state index contributed by atoms with van der Waals surface area (Å²) in [7, 11) is 1.64. The van der Waals surface area contributed by atoms with Crippen LogP contribution in [0, 0.1) is 56.7 Å². The summed E-state index contributed by atoms with van der Waals surface area (Å²) in [6, 6.07) is 0. The second-order valence-corrected chi connectivity index (χ2v) is 14.6. The molecule has 0 aromatic carbocycles. The maximum absolute atomic E-state index is 13.6. The van der Waals surface area contributed by atoms with Gasteiger partial charge in [-0.1, -0.05) is 66.5 Å². The second kappa shape index (κ2) is 7.36. The molecule has 8 atom stereocenters. The lowest BCUT2D eigenvalue weighted by molar-refractivity contribution is -0.223. The van der Waals surface area contributed by atoms with Gasteiger partial charge in [-0.15, -0.1) is 0 Å². The fourth-order valence-electron chi connectivity index (χ4n) is 11.3. The van der Waals surface area contributed by atoms with Gasteiger partial charge in [-0.3, -0.25) is 4.79 Å². The van der Waals surface area contributed by atoms with E-state index >= 15 is 0 Å². The lowest BCUT2D eigenvalue weighted by Gasteiger charge is -2.71. The van der Waals surface area contributed by atoms with Crippen LogP contribution in [0.3, 0.4) is 0 Å². The molecule has 5 rings (SSSR count). The molecule has 0 spiro atoms. The van der Waals surface area contributed by atoms with Crippen LogP contribution < -0.4 is 0 Å². The third-order valence-electron chi connectivity index (χ3n) is 13.1. The first-order chi connectivity index (χ1) is 15.4. The average molecular weight is 455 g/mol. The summed E-state index contributed by atoms with van der Waals surface area (Å²) < 4.78 is 5.60. The minimum absolute atomic E-state index is 0.111. The molecular weight excluding hydrogens is 404 g/mol. The Morgan fingerprint density at radius 3 is 2.24 bits per heavy atom. The molecule has 33 heavy (non-hydrogen) atoms. The zero-order chi connectivity index (χ0) is 24.0. The summed E-state index contributed by atoms with van der Waals surface area (Å²) in [4.78, 5) is 13.6. The molecule has 0 aromatic heterocycles. The van der Waals surface area contributed by atoms with Crippen LogP contribution in [0.25, 0.3) is 0 Å². The standard InChI is InChI=1S/C31H50O2/c1-20(2)21-11-14-25-30(7)17-16-28(5)23-10-9-15-27(3,4)22(23)12-13-24(28)29(30,6)18-19-31(21,25)26(32)33-8/h12,20-21,23-25H,9-11,13-19H2,1-8H3/t21-,23-,24+,25+,28+,29-,30+,31+/m1/s1. The van der Waals surface area contributed by atoms with E-state index in [1.165, 1.54) is 57.8 Å². The van der Waals surface area contributed by atoms with Gasteiger partial charge >= 0.3 is 5.97 Å². The summed E-state index contributed by atoms with van der Waals surface area (Å²) in [6.07, 6.45) is 15.4. The number of allylic oxidation sites excluding steroid dienone is 2. The molecule has 2 nitrogen and oxygen atoms in total. The van der Waals surface area contributed by atoms with E-state index in [4.69, 9.17) is 4.74 Å². The Balaban J connectivity index is 1.58. The monoisotopic (exact) mass is 454 g/mol. The normalized spacial score (nSPS) is 50.5. The molecule has 0 N–H and O–H groups in total. The largest absolute Gasteiger partial charge is 0.469 e. The zero-order valence-corrected chi connectivity index (χ0v) is 22.9. The molecule has 0 saturated heterocycles. The van der Waals surface area contributed by atoms with Crippen molar-refractivity contribution in [3.05, 3.63) is 11.6 Å². The predicted molar refractivity (Wildman–Crippen MR) is 136 cm³/mol. The fourth-order valence-corrected chi connectivity index (χ4v) is 11.3. The molecule has 186 valence electrons. The summed E-state index contributed by atoms with van der Waals surface area (Å²) >= 11 is 0. The number of rotatable bonds is 2. The Labute approximate surface area is 203 Å². The summed E-state index contributed by atoms with van der Waals surface area (Å²) in [5.41, 5.74) is 2.85. The topological polar surface area (TPSA) is 26.3 Å². The Hall–Kier alpha value is -0.790. The first-order valence-corrected chi connectivity index (χ1v) is 14.2. The van der Waals surface area contributed by atoms with Gasteiger partial charge in [0.25, 0.3) is 0 Å². The highest BCUT2D eigenvalue weighted by Gasteiger charge is 2.73. The lowest BCUT2D eigenvalue weighted by atomic mass is 9.33. The van der Waals surface area contributed by atoms with Gasteiger partial charge in [-0.05, 0) is 109 Å². The van der Waals surface area contributed by atoms with Gasteiger partial charge < -0.3 is 4.74 Å². The highest BCUT2D eigenvalue weighted by molar-refractivity contribution is 5.78. The maximum atomic E-state index is 13.6. The summed E-state index contributed by atoms with van der Waals surface area (Å²) in [6.45, 7) is 17.6. The van der Waals surface area contributed by atoms with Gasteiger partial charge in [-0.25, -0.2) is 0 Å². The molecule has 5 aliphatic carbocycles. The maximum Gasteiger partial charge on any atom is 0.312 e. The van der Waals surface area contributed by atoms with E-state index in [1.54, 1.807) is 12.7 Å². The smallest absolute Gasteiger partial charge is 0.312 e. The second-order valence-electron chi connectivity index (χ2n) is 14.6. The van der Waals surface area contributed by atoms with Crippen LogP contribution >= 0.6 is 0 Å². The van der Waals surface area contributed by atoms with Crippen molar-refractivity contribution in [2.45, 2.75) is 113 Å². The first-order valence-electron chi connectivity index (χ1n) is 14.2. The lowest BCUT2D eigenvalue weighted by Crippen LogP contribution is -2.65. The number of esters is 1. The molecule has 2 heteroatoms. The van der Waals surface area contributed by atoms with Crippen molar-refractivity contribution in [2.24, 2.45) is 56.7 Å². The quantitative estimate of drug-likeness (QED) is 0.310. The molecular formula is C31H50O2. The Bertz CT molecular complexity index is 853. The Morgan fingerprint density at radius 1 is 0.909 bits per heavy atom. The van der Waals surface area contributed by atoms with E-state index < -0.39 is 0 Å². The average Bonchev–Trinajstić information content (AvgIpc) is 3.17. The van der Waals surface area contributed by atoms with Crippen LogP contribution in [0.2, 0.25) is 0 Å². The van der Waals surface area contributed by atoms with Crippen molar-refractivity contribution >= 4 is 5.97 Å². The number of fused-ring (bicyclic) bond motifs is 7. The minimum atomic E-state index is -0.257. The molecule has 0 heterocycles. The van der Waals surface area contributed by atoms with Crippen molar-refractivity contribution in [1.82, 2.24) is 0 Å². The van der Waals surface area contributed by atoms with Crippen molar-refractivity contribution in [1.29, 1.82) is 0 Å². The summed E-state index contributed by atoms with van der Waals surface area (Å²) in [5, 5.41) is 0. The molecule has 0 aromatic rings. The predicted octanol–water partition coefficient (Wildman–Crippen LogP) is 8.21. The number of methoxy groups -OCH3 is 1. The first kappa shape index (κ1) is 23.9. The van der Waals surface area contributed by atoms with Gasteiger partial charge in [0.15, 0.2) is 0 Å². The SMILES string of the molecule is COC(=O)[C@]12CC[C@]3(C)[C@H]4CC=C5[C@@H](CCCC5(C)C)[C@]4(C)CC[C@@]3(C)[C@@H]1CC[C@@H]2C(C)C. The van der Waals surface area contributed by atoms with Gasteiger partial charge in [-0.2, -0.15) is 0 Å². The van der Waals surface area contributed by atoms with Crippen LogP contribution in [0.15, 0.2) is 11.6 Å². The number of ether oxygens (including phenoxy) is 1. The van der Waals surface area contributed by atoms with E-state index in [9.17, 15) is 4.79 Å². The highest BCUT2D eigenvalue weighted by Crippen LogP contribution is 2.78. The number of hydrogen-bond donors (Lipinski definition) is 0. The van der Waals surface area contributed by atoms with Crippen molar-refractivity contribution < 1.29 is 9.53 Å². The van der Waals surface area contributed by atoms with E-state index in [-0.39, 0.29) is 16.8 Å². The molecule has 4 fully saturated rings. The van der Waals surface area contributed by atoms with E-state index in [0.717, 1.165) is 18.3 Å². The Morgan fingerprint density at radius 2 is 1.58 bits per heavy atom. The third-order valence-corrected chi connectivity index (χ3v) is 13.1. The van der Waals surface area contributed by atoms with E-state index in [2.05, 4.69) is 54.5 Å². The fraction of sp³-hybridized carbons (Fsp3) is 0.903. The molecule has 0 radical (unpaired) electrons. The molecule has 0 aliphatic heterocycles. The van der Waals surface area contributed by atoms with Crippen LogP contribution in [-0.2, 0) is 9.53 Å². The van der Waals surface area contributed by atoms with Gasteiger partial charge in [0, 0.05) is 0 Å². The summed E-state index contributed by atoms with van der Waals surface area (Å²) in [5.74, 6) is 3.10. The van der Waals surface area contributed by atoms with E-state index in [0.29, 0.717) is 34.0 Å². The van der Waals surface area contributed by atoms with Crippen molar-refractivity contribution in [3.63, 3.8) is 0 Å². The number of carbonyl (C=O) groups is 1. The van der Waals surface area contributed by atoms with Crippen LogP contribution in [0.5, 0.6) is 0 Å². The molecule has 0 amide bonds. The molecule has 0 unspecified atom stereocenters. The number of carbonyl (C=O) groups excluding carboxylic acids is 1.